The SMILES string of the molecule is CCCCCCCCc1cc(C)c(O)c(CS)c1CCCCCCCC. The van der Waals surface area contributed by atoms with E-state index in [9.17, 15) is 5.11 Å². The Hall–Kier alpha value is -0.630. The predicted octanol–water partition coefficient (Wildman–Crippen LogP) is 7.94. The molecule has 0 amide bonds. The molecule has 1 nitrogen and oxygen atoms in total. The molecule has 0 aliphatic heterocycles. The quantitative estimate of drug-likeness (QED) is 0.234. The van der Waals surface area contributed by atoms with Crippen LogP contribution in [0.4, 0.5) is 0 Å². The Kier molecular flexibility index (Phi) is 13.0. The van der Waals surface area contributed by atoms with Gasteiger partial charge in [-0.15, -0.1) is 0 Å². The van der Waals surface area contributed by atoms with Crippen LogP contribution in [0.15, 0.2) is 6.07 Å². The molecule has 0 bridgehead atoms. The first-order valence-corrected chi connectivity index (χ1v) is 11.7. The van der Waals surface area contributed by atoms with E-state index in [4.69, 9.17) is 0 Å². The number of aromatic hydroxyl groups is 1. The summed E-state index contributed by atoms with van der Waals surface area (Å²) in [5.41, 5.74) is 4.96. The number of benzene rings is 1. The molecule has 1 rings (SSSR count). The van der Waals surface area contributed by atoms with Gasteiger partial charge in [-0.1, -0.05) is 84.1 Å². The van der Waals surface area contributed by atoms with Crippen LogP contribution in [0.5, 0.6) is 5.75 Å². The average molecular weight is 379 g/mol. The van der Waals surface area contributed by atoms with Gasteiger partial charge in [0.05, 0.1) is 0 Å². The normalized spacial score (nSPS) is 11.2. The molecule has 1 aromatic carbocycles. The van der Waals surface area contributed by atoms with Crippen molar-refractivity contribution in [2.24, 2.45) is 0 Å². The second kappa shape index (κ2) is 14.4. The minimum Gasteiger partial charge on any atom is -0.507 e. The summed E-state index contributed by atoms with van der Waals surface area (Å²) in [6.07, 6.45) is 18.2. The highest BCUT2D eigenvalue weighted by Crippen LogP contribution is 2.32. The highest BCUT2D eigenvalue weighted by Gasteiger charge is 2.14. The van der Waals surface area contributed by atoms with Crippen LogP contribution in [-0.2, 0) is 18.6 Å². The third-order valence-electron chi connectivity index (χ3n) is 5.54. The fraction of sp³-hybridized carbons (Fsp3) is 0.750. The van der Waals surface area contributed by atoms with Gasteiger partial charge in [0.2, 0.25) is 0 Å². The summed E-state index contributed by atoms with van der Waals surface area (Å²) in [7, 11) is 0. The molecule has 2 heteroatoms. The molecule has 0 atom stereocenters. The van der Waals surface area contributed by atoms with Crippen LogP contribution in [0.3, 0.4) is 0 Å². The van der Waals surface area contributed by atoms with E-state index in [1.807, 2.05) is 6.92 Å². The van der Waals surface area contributed by atoms with Crippen molar-refractivity contribution in [1.82, 2.24) is 0 Å². The lowest BCUT2D eigenvalue weighted by Crippen LogP contribution is -2.02. The van der Waals surface area contributed by atoms with Crippen molar-refractivity contribution in [3.63, 3.8) is 0 Å². The summed E-state index contributed by atoms with van der Waals surface area (Å²) in [4.78, 5) is 0. The number of rotatable bonds is 15. The number of phenolic OH excluding ortho intramolecular Hbond substituents is 1. The molecule has 26 heavy (non-hydrogen) atoms. The van der Waals surface area contributed by atoms with Gasteiger partial charge in [-0.3, -0.25) is 0 Å². The minimum absolute atomic E-state index is 0.479. The highest BCUT2D eigenvalue weighted by molar-refractivity contribution is 7.79. The lowest BCUT2D eigenvalue weighted by atomic mass is 9.90. The lowest BCUT2D eigenvalue weighted by molar-refractivity contribution is 0.464. The van der Waals surface area contributed by atoms with E-state index in [-0.39, 0.29) is 0 Å². The van der Waals surface area contributed by atoms with Crippen LogP contribution in [0.25, 0.3) is 0 Å². The largest absolute Gasteiger partial charge is 0.507 e. The monoisotopic (exact) mass is 378 g/mol. The molecular formula is C24H42OS. The summed E-state index contributed by atoms with van der Waals surface area (Å²) >= 11 is 4.52. The van der Waals surface area contributed by atoms with Crippen LogP contribution in [0.2, 0.25) is 0 Å². The van der Waals surface area contributed by atoms with Gasteiger partial charge in [-0.25, -0.2) is 0 Å². The zero-order valence-electron chi connectivity index (χ0n) is 17.6. The van der Waals surface area contributed by atoms with Gasteiger partial charge in [0.25, 0.3) is 0 Å². The topological polar surface area (TPSA) is 20.2 Å². The molecule has 0 unspecified atom stereocenters. The van der Waals surface area contributed by atoms with Crippen molar-refractivity contribution in [3.8, 4) is 5.75 Å². The van der Waals surface area contributed by atoms with Gasteiger partial charge in [-0.05, 0) is 49.3 Å². The molecule has 0 saturated carbocycles. The van der Waals surface area contributed by atoms with Crippen LogP contribution >= 0.6 is 12.6 Å². The maximum Gasteiger partial charge on any atom is 0.122 e. The van der Waals surface area contributed by atoms with E-state index in [1.165, 1.54) is 88.2 Å². The molecule has 0 fully saturated rings. The maximum atomic E-state index is 10.5. The Bertz CT molecular complexity index is 495. The molecule has 150 valence electrons. The molecular weight excluding hydrogens is 336 g/mol. The average Bonchev–Trinajstić information content (AvgIpc) is 2.64. The molecule has 0 aromatic heterocycles. The van der Waals surface area contributed by atoms with Crippen molar-refractivity contribution >= 4 is 12.6 Å². The summed E-state index contributed by atoms with van der Waals surface area (Å²) in [5, 5.41) is 10.5. The second-order valence-corrected chi connectivity index (χ2v) is 8.17. The van der Waals surface area contributed by atoms with Gasteiger partial charge in [0, 0.05) is 11.3 Å². The predicted molar refractivity (Wildman–Crippen MR) is 120 cm³/mol. The van der Waals surface area contributed by atoms with Crippen molar-refractivity contribution < 1.29 is 5.11 Å². The van der Waals surface area contributed by atoms with Crippen LogP contribution in [0.1, 0.15) is 113 Å². The Labute approximate surface area is 168 Å². The number of unbranched alkanes of at least 4 members (excludes halogenated alkanes) is 10. The minimum atomic E-state index is 0.479. The Morgan fingerprint density at radius 2 is 1.23 bits per heavy atom. The first-order valence-electron chi connectivity index (χ1n) is 11.1. The number of hydrogen-bond acceptors (Lipinski definition) is 2. The zero-order chi connectivity index (χ0) is 19.2. The van der Waals surface area contributed by atoms with E-state index < -0.39 is 0 Å². The molecule has 1 aromatic rings. The highest BCUT2D eigenvalue weighted by atomic mass is 32.1. The Morgan fingerprint density at radius 1 is 0.731 bits per heavy atom. The van der Waals surface area contributed by atoms with E-state index in [0.29, 0.717) is 11.5 Å². The fourth-order valence-electron chi connectivity index (χ4n) is 3.87. The number of hydrogen-bond donors (Lipinski definition) is 2. The van der Waals surface area contributed by atoms with Crippen molar-refractivity contribution in [2.45, 2.75) is 116 Å². The second-order valence-electron chi connectivity index (χ2n) is 7.85. The van der Waals surface area contributed by atoms with Gasteiger partial charge in [0.1, 0.15) is 5.75 Å². The molecule has 1 N–H and O–H groups in total. The molecule has 0 radical (unpaired) electrons. The van der Waals surface area contributed by atoms with Crippen molar-refractivity contribution in [2.75, 3.05) is 0 Å². The van der Waals surface area contributed by atoms with E-state index in [0.717, 1.165) is 24.0 Å². The summed E-state index contributed by atoms with van der Waals surface area (Å²) < 4.78 is 0. The molecule has 0 spiro atoms. The fourth-order valence-corrected chi connectivity index (χ4v) is 4.21. The zero-order valence-corrected chi connectivity index (χ0v) is 18.5. The smallest absolute Gasteiger partial charge is 0.122 e. The Morgan fingerprint density at radius 3 is 1.77 bits per heavy atom. The molecule has 0 aliphatic rings. The van der Waals surface area contributed by atoms with Crippen LogP contribution in [-0.4, -0.2) is 5.11 Å². The summed E-state index contributed by atoms with van der Waals surface area (Å²) in [6, 6.07) is 2.24. The van der Waals surface area contributed by atoms with Gasteiger partial charge in [0.15, 0.2) is 0 Å². The van der Waals surface area contributed by atoms with E-state index >= 15 is 0 Å². The summed E-state index contributed by atoms with van der Waals surface area (Å²) in [6.45, 7) is 6.57. The van der Waals surface area contributed by atoms with Gasteiger partial charge >= 0.3 is 0 Å². The first-order chi connectivity index (χ1) is 12.7. The van der Waals surface area contributed by atoms with Crippen LogP contribution in [0, 0.1) is 6.92 Å². The maximum absolute atomic E-state index is 10.5. The third kappa shape index (κ3) is 8.37. The third-order valence-corrected chi connectivity index (χ3v) is 5.86. The first kappa shape index (κ1) is 23.4. The van der Waals surface area contributed by atoms with Crippen molar-refractivity contribution in [3.05, 3.63) is 28.3 Å². The number of thiol groups is 1. The van der Waals surface area contributed by atoms with E-state index in [2.05, 4.69) is 32.5 Å². The number of aryl methyl sites for hydroxylation is 2. The van der Waals surface area contributed by atoms with Gasteiger partial charge < -0.3 is 5.11 Å². The van der Waals surface area contributed by atoms with Gasteiger partial charge in [-0.2, -0.15) is 12.6 Å². The molecule has 0 heterocycles. The lowest BCUT2D eigenvalue weighted by Gasteiger charge is -2.18. The van der Waals surface area contributed by atoms with E-state index in [1.54, 1.807) is 0 Å². The molecule has 0 aliphatic carbocycles. The molecule has 0 saturated heterocycles. The Balaban J connectivity index is 2.66. The van der Waals surface area contributed by atoms with Crippen molar-refractivity contribution in [1.29, 1.82) is 0 Å². The number of phenols is 1. The summed E-state index contributed by atoms with van der Waals surface area (Å²) in [5.74, 6) is 1.12. The standard InChI is InChI=1S/C24H42OS/c1-4-6-8-10-12-14-16-21-18-20(3)24(25)23(19-26)22(21)17-15-13-11-9-7-5-2/h18,25-26H,4-17,19H2,1-3H3. The van der Waals surface area contributed by atoms with Crippen LogP contribution < -0.4 is 0 Å².